The molecule has 0 bridgehead atoms. The minimum Gasteiger partial charge on any atom is -0.396 e. The fourth-order valence-electron chi connectivity index (χ4n) is 3.70. The van der Waals surface area contributed by atoms with Crippen molar-refractivity contribution in [3.05, 3.63) is 0 Å². The quantitative estimate of drug-likeness (QED) is 0.713. The maximum absolute atomic E-state index is 8.79. The normalized spacial score (nSPS) is 24.5. The van der Waals surface area contributed by atoms with Gasteiger partial charge in [-0.1, -0.05) is 32.1 Å². The minimum absolute atomic E-state index is 0.359. The third kappa shape index (κ3) is 3.69. The van der Waals surface area contributed by atoms with Crippen molar-refractivity contribution in [2.75, 3.05) is 32.8 Å². The van der Waals surface area contributed by atoms with Gasteiger partial charge in [0.05, 0.1) is 0 Å². The summed E-state index contributed by atoms with van der Waals surface area (Å²) in [5.74, 6) is 0. The molecule has 2 N–H and O–H groups in total. The summed E-state index contributed by atoms with van der Waals surface area (Å²) < 4.78 is 0. The third-order valence-corrected chi connectivity index (χ3v) is 4.80. The molecule has 2 rings (SSSR count). The number of unbranched alkanes of at least 4 members (excludes halogenated alkanes) is 3. The van der Waals surface area contributed by atoms with Crippen LogP contribution in [-0.4, -0.2) is 48.3 Å². The van der Waals surface area contributed by atoms with Crippen LogP contribution in [0.5, 0.6) is 0 Å². The molecule has 0 aromatic rings. The van der Waals surface area contributed by atoms with Crippen LogP contribution >= 0.6 is 0 Å². The van der Waals surface area contributed by atoms with Crippen molar-refractivity contribution in [3.63, 3.8) is 0 Å². The van der Waals surface area contributed by atoms with E-state index in [1.54, 1.807) is 0 Å². The van der Waals surface area contributed by atoms with E-state index in [4.69, 9.17) is 5.11 Å². The van der Waals surface area contributed by atoms with E-state index in [1.807, 2.05) is 0 Å². The summed E-state index contributed by atoms with van der Waals surface area (Å²) >= 11 is 0. The van der Waals surface area contributed by atoms with E-state index in [2.05, 4.69) is 10.2 Å². The highest BCUT2D eigenvalue weighted by Gasteiger charge is 2.38. The van der Waals surface area contributed by atoms with E-state index in [1.165, 1.54) is 77.5 Å². The van der Waals surface area contributed by atoms with Gasteiger partial charge in [0, 0.05) is 31.8 Å². The molecule has 18 heavy (non-hydrogen) atoms. The third-order valence-electron chi connectivity index (χ3n) is 4.80. The smallest absolute Gasteiger partial charge is 0.0431 e. The van der Waals surface area contributed by atoms with Crippen LogP contribution in [-0.2, 0) is 0 Å². The Morgan fingerprint density at radius 3 is 2.56 bits per heavy atom. The predicted octanol–water partition coefficient (Wildman–Crippen LogP) is 2.15. The Morgan fingerprint density at radius 1 is 1.00 bits per heavy atom. The highest BCUT2D eigenvalue weighted by Crippen LogP contribution is 2.34. The molecule has 1 aliphatic heterocycles. The van der Waals surface area contributed by atoms with Crippen molar-refractivity contribution >= 4 is 0 Å². The Hall–Kier alpha value is -0.120. The first-order valence-electron chi connectivity index (χ1n) is 7.94. The lowest BCUT2D eigenvalue weighted by atomic mass is 9.79. The molecule has 0 amide bonds. The molecule has 2 fully saturated rings. The number of aliphatic hydroxyl groups is 1. The topological polar surface area (TPSA) is 35.5 Å². The van der Waals surface area contributed by atoms with Crippen molar-refractivity contribution in [1.29, 1.82) is 0 Å². The molecule has 0 atom stereocenters. The molecule has 0 aromatic heterocycles. The van der Waals surface area contributed by atoms with E-state index in [0.29, 0.717) is 12.1 Å². The monoisotopic (exact) mass is 254 g/mol. The van der Waals surface area contributed by atoms with Gasteiger partial charge in [0.25, 0.3) is 0 Å². The summed E-state index contributed by atoms with van der Waals surface area (Å²) in [6.07, 6.45) is 11.8. The van der Waals surface area contributed by atoms with Crippen LogP contribution in [0.2, 0.25) is 0 Å². The summed E-state index contributed by atoms with van der Waals surface area (Å²) in [7, 11) is 0. The first-order chi connectivity index (χ1) is 8.87. The van der Waals surface area contributed by atoms with Gasteiger partial charge in [-0.15, -0.1) is 0 Å². The summed E-state index contributed by atoms with van der Waals surface area (Å²) in [6, 6.07) is 0. The van der Waals surface area contributed by atoms with Gasteiger partial charge in [0.1, 0.15) is 0 Å². The Labute approximate surface area is 112 Å². The van der Waals surface area contributed by atoms with E-state index in [-0.39, 0.29) is 0 Å². The number of piperazine rings is 1. The van der Waals surface area contributed by atoms with Crippen LogP contribution in [0.25, 0.3) is 0 Å². The van der Waals surface area contributed by atoms with Crippen LogP contribution in [0.1, 0.15) is 57.8 Å². The van der Waals surface area contributed by atoms with E-state index in [9.17, 15) is 0 Å². The summed E-state index contributed by atoms with van der Waals surface area (Å²) in [5, 5.41) is 12.4. The highest BCUT2D eigenvalue weighted by molar-refractivity contribution is 4.97. The van der Waals surface area contributed by atoms with E-state index in [0.717, 1.165) is 6.42 Å². The minimum atomic E-state index is 0.359. The number of aliphatic hydroxyl groups excluding tert-OH is 1. The molecule has 0 unspecified atom stereocenters. The number of hydrogen-bond donors (Lipinski definition) is 2. The first-order valence-corrected chi connectivity index (χ1v) is 7.94. The van der Waals surface area contributed by atoms with Gasteiger partial charge >= 0.3 is 0 Å². The van der Waals surface area contributed by atoms with Crippen LogP contribution in [0.15, 0.2) is 0 Å². The van der Waals surface area contributed by atoms with Gasteiger partial charge in [-0.3, -0.25) is 4.90 Å². The first kappa shape index (κ1) is 14.3. The molecule has 0 aromatic carbocycles. The van der Waals surface area contributed by atoms with Crippen molar-refractivity contribution in [2.45, 2.75) is 63.3 Å². The van der Waals surface area contributed by atoms with Crippen molar-refractivity contribution < 1.29 is 5.11 Å². The standard InChI is InChI=1S/C15H30N2O/c18-13-7-2-1-6-11-17-12-10-16-14-15(17)8-4-3-5-9-15/h16,18H,1-14H2. The molecule has 106 valence electrons. The zero-order chi connectivity index (χ0) is 12.7. The molecule has 1 aliphatic carbocycles. The molecule has 0 radical (unpaired) electrons. The van der Waals surface area contributed by atoms with Crippen LogP contribution in [0.3, 0.4) is 0 Å². The van der Waals surface area contributed by atoms with Crippen molar-refractivity contribution in [3.8, 4) is 0 Å². The Kier molecular flexibility index (Phi) is 5.93. The Balaban J connectivity index is 1.76. The number of hydrogen-bond acceptors (Lipinski definition) is 3. The average molecular weight is 254 g/mol. The SMILES string of the molecule is OCCCCCCN1CCNCC12CCCCC2. The lowest BCUT2D eigenvalue weighted by Crippen LogP contribution is -2.62. The molecule has 3 heteroatoms. The van der Waals surface area contributed by atoms with E-state index >= 15 is 0 Å². The predicted molar refractivity (Wildman–Crippen MR) is 75.8 cm³/mol. The van der Waals surface area contributed by atoms with Crippen LogP contribution in [0.4, 0.5) is 0 Å². The van der Waals surface area contributed by atoms with Gasteiger partial charge in [0.15, 0.2) is 0 Å². The molecular weight excluding hydrogens is 224 g/mol. The second-order valence-corrected chi connectivity index (χ2v) is 6.09. The van der Waals surface area contributed by atoms with Crippen molar-refractivity contribution in [1.82, 2.24) is 10.2 Å². The second kappa shape index (κ2) is 7.46. The van der Waals surface area contributed by atoms with Gasteiger partial charge in [-0.2, -0.15) is 0 Å². The molecular formula is C15H30N2O. The summed E-state index contributed by atoms with van der Waals surface area (Å²) in [6.45, 7) is 5.24. The zero-order valence-corrected chi connectivity index (χ0v) is 11.8. The maximum atomic E-state index is 8.79. The Morgan fingerprint density at radius 2 is 1.78 bits per heavy atom. The van der Waals surface area contributed by atoms with Gasteiger partial charge in [0.2, 0.25) is 0 Å². The molecule has 1 spiro atoms. The molecule has 1 saturated heterocycles. The number of rotatable bonds is 6. The zero-order valence-electron chi connectivity index (χ0n) is 11.8. The largest absolute Gasteiger partial charge is 0.396 e. The molecule has 1 heterocycles. The fraction of sp³-hybridized carbons (Fsp3) is 1.00. The lowest BCUT2D eigenvalue weighted by Gasteiger charge is -2.50. The van der Waals surface area contributed by atoms with Gasteiger partial charge in [-0.05, 0) is 32.2 Å². The summed E-state index contributed by atoms with van der Waals surface area (Å²) in [5.41, 5.74) is 0.494. The molecule has 2 aliphatic rings. The summed E-state index contributed by atoms with van der Waals surface area (Å²) in [4.78, 5) is 2.78. The number of nitrogens with one attached hydrogen (secondary N) is 1. The van der Waals surface area contributed by atoms with Crippen LogP contribution < -0.4 is 5.32 Å². The molecule has 3 nitrogen and oxygen atoms in total. The fourth-order valence-corrected chi connectivity index (χ4v) is 3.70. The average Bonchev–Trinajstić information content (AvgIpc) is 2.42. The highest BCUT2D eigenvalue weighted by atomic mass is 16.2. The number of nitrogens with zero attached hydrogens (tertiary/aromatic N) is 1. The second-order valence-electron chi connectivity index (χ2n) is 6.09. The van der Waals surface area contributed by atoms with Gasteiger partial charge < -0.3 is 10.4 Å². The molecule has 1 saturated carbocycles. The maximum Gasteiger partial charge on any atom is 0.0431 e. The van der Waals surface area contributed by atoms with E-state index < -0.39 is 0 Å². The lowest BCUT2D eigenvalue weighted by molar-refractivity contribution is 0.0262. The van der Waals surface area contributed by atoms with Gasteiger partial charge in [-0.25, -0.2) is 0 Å². The Bertz CT molecular complexity index is 218. The van der Waals surface area contributed by atoms with Crippen LogP contribution in [0, 0.1) is 0 Å². The van der Waals surface area contributed by atoms with Crippen molar-refractivity contribution in [2.24, 2.45) is 0 Å².